The first kappa shape index (κ1) is 37.6. The zero-order valence-electron chi connectivity index (χ0n) is 33.7. The molecule has 4 saturated carbocycles. The quantitative estimate of drug-likeness (QED) is 0.0863. The summed E-state index contributed by atoms with van der Waals surface area (Å²) < 4.78 is 0. The van der Waals surface area contributed by atoms with Crippen molar-refractivity contribution in [3.8, 4) is 11.1 Å². The minimum atomic E-state index is 0.274. The van der Waals surface area contributed by atoms with Crippen molar-refractivity contribution >= 4 is 23.1 Å². The van der Waals surface area contributed by atoms with Gasteiger partial charge in [0.1, 0.15) is 0 Å². The zero-order chi connectivity index (χ0) is 37.7. The van der Waals surface area contributed by atoms with Gasteiger partial charge in [0.2, 0.25) is 0 Å². The van der Waals surface area contributed by atoms with Crippen LogP contribution in [0.2, 0.25) is 0 Å². The van der Waals surface area contributed by atoms with E-state index in [4.69, 9.17) is 0 Å². The summed E-state index contributed by atoms with van der Waals surface area (Å²) >= 11 is 0. The van der Waals surface area contributed by atoms with E-state index < -0.39 is 0 Å². The summed E-state index contributed by atoms with van der Waals surface area (Å²) in [6.07, 6.45) is 22.9. The molecule has 0 N–H and O–H groups in total. The highest BCUT2D eigenvalue weighted by molar-refractivity contribution is 5.78. The Kier molecular flexibility index (Phi) is 11.5. The summed E-state index contributed by atoms with van der Waals surface area (Å²) in [4.78, 5) is 2.47. The lowest BCUT2D eigenvalue weighted by Crippen LogP contribution is -2.55. The SMILES string of the molecule is C=Cc1ccc(C23CC4CC(C2)CC(c2ccc(N(c5ccc(CCCCCC)cc5)c5ccc(-c6ccc(CCCCCC)cc6)cc5)cc2)(C4)C3)cc1. The van der Waals surface area contributed by atoms with Crippen molar-refractivity contribution in [1.29, 1.82) is 0 Å². The molecule has 9 rings (SSSR count). The molecule has 55 heavy (non-hydrogen) atoms. The van der Waals surface area contributed by atoms with Gasteiger partial charge >= 0.3 is 0 Å². The molecule has 4 aliphatic carbocycles. The van der Waals surface area contributed by atoms with Crippen molar-refractivity contribution < 1.29 is 0 Å². The van der Waals surface area contributed by atoms with Crippen molar-refractivity contribution in [2.75, 3.05) is 4.90 Å². The van der Waals surface area contributed by atoms with Crippen LogP contribution in [0.1, 0.15) is 132 Å². The van der Waals surface area contributed by atoms with Crippen LogP contribution in [-0.2, 0) is 23.7 Å². The van der Waals surface area contributed by atoms with E-state index in [-0.39, 0.29) is 5.41 Å². The maximum atomic E-state index is 4.01. The highest BCUT2D eigenvalue weighted by Crippen LogP contribution is 2.66. The number of nitrogens with zero attached hydrogens (tertiary/aromatic N) is 1. The maximum Gasteiger partial charge on any atom is 0.0462 e. The second-order valence-electron chi connectivity index (χ2n) is 17.8. The Hall–Kier alpha value is -4.36. The van der Waals surface area contributed by atoms with Crippen molar-refractivity contribution in [3.05, 3.63) is 156 Å². The average molecular weight is 726 g/mol. The van der Waals surface area contributed by atoms with Crippen molar-refractivity contribution in [3.63, 3.8) is 0 Å². The number of rotatable bonds is 17. The van der Waals surface area contributed by atoms with Gasteiger partial charge in [-0.15, -0.1) is 0 Å². The van der Waals surface area contributed by atoms with Gasteiger partial charge in [0.25, 0.3) is 0 Å². The second-order valence-corrected chi connectivity index (χ2v) is 17.8. The molecular weight excluding hydrogens is 663 g/mol. The minimum Gasteiger partial charge on any atom is -0.311 e. The molecule has 1 nitrogen and oxygen atoms in total. The van der Waals surface area contributed by atoms with Gasteiger partial charge in [-0.3, -0.25) is 0 Å². The van der Waals surface area contributed by atoms with E-state index in [0.29, 0.717) is 5.41 Å². The molecule has 4 bridgehead atoms. The lowest BCUT2D eigenvalue weighted by Gasteiger charge is -2.63. The summed E-state index contributed by atoms with van der Waals surface area (Å²) in [7, 11) is 0. The van der Waals surface area contributed by atoms with Gasteiger partial charge in [-0.25, -0.2) is 0 Å². The molecule has 4 aliphatic rings. The highest BCUT2D eigenvalue weighted by atomic mass is 15.1. The molecular formula is C54H63N. The third kappa shape index (κ3) is 8.14. The van der Waals surface area contributed by atoms with Crippen molar-refractivity contribution in [2.24, 2.45) is 11.8 Å². The maximum absolute atomic E-state index is 4.01. The molecule has 0 heterocycles. The summed E-state index contributed by atoms with van der Waals surface area (Å²) in [6.45, 7) is 8.58. The fourth-order valence-electron chi connectivity index (χ4n) is 11.3. The van der Waals surface area contributed by atoms with E-state index in [9.17, 15) is 0 Å². The standard InChI is InChI=1S/C54H63N/c1-4-7-9-11-13-42-15-21-46(22-16-42)47-23-31-51(32-24-47)55(50-29-19-43(20-30-50)14-12-10-8-5-2)52-33-27-49(28-34-52)54-38-44-35-45(39-54)37-53(36-44,40-54)48-25-17-41(6-3)18-26-48/h6,15-34,44-45H,3-5,7-14,35-40H2,1-2H3. The zero-order valence-corrected chi connectivity index (χ0v) is 33.7. The molecule has 2 atom stereocenters. The molecule has 4 fully saturated rings. The Bertz CT molecular complexity index is 1970. The third-order valence-corrected chi connectivity index (χ3v) is 13.8. The van der Waals surface area contributed by atoms with Gasteiger partial charge in [-0.05, 0) is 162 Å². The second kappa shape index (κ2) is 16.8. The molecule has 0 amide bonds. The average Bonchev–Trinajstić information content (AvgIpc) is 3.22. The van der Waals surface area contributed by atoms with E-state index in [1.165, 1.54) is 141 Å². The Morgan fingerprint density at radius 2 is 0.909 bits per heavy atom. The first-order valence-corrected chi connectivity index (χ1v) is 21.9. The fourth-order valence-corrected chi connectivity index (χ4v) is 11.3. The predicted molar refractivity (Wildman–Crippen MR) is 237 cm³/mol. The third-order valence-electron chi connectivity index (χ3n) is 13.8. The van der Waals surface area contributed by atoms with Crippen LogP contribution in [-0.4, -0.2) is 0 Å². The molecule has 5 aromatic rings. The largest absolute Gasteiger partial charge is 0.311 e. The summed E-state index contributed by atoms with van der Waals surface area (Å²) in [6, 6.07) is 47.2. The monoisotopic (exact) mass is 725 g/mol. The van der Waals surface area contributed by atoms with Gasteiger partial charge in [0.15, 0.2) is 0 Å². The number of benzene rings is 5. The minimum absolute atomic E-state index is 0.274. The molecule has 1 heteroatoms. The Morgan fingerprint density at radius 3 is 1.36 bits per heavy atom. The Morgan fingerprint density at radius 1 is 0.509 bits per heavy atom. The van der Waals surface area contributed by atoms with Crippen LogP contribution in [0.5, 0.6) is 0 Å². The summed E-state index contributed by atoms with van der Waals surface area (Å²) in [5, 5.41) is 0. The van der Waals surface area contributed by atoms with E-state index in [2.05, 4.69) is 147 Å². The first-order valence-electron chi connectivity index (χ1n) is 21.9. The number of hydrogen-bond donors (Lipinski definition) is 0. The van der Waals surface area contributed by atoms with E-state index in [0.717, 1.165) is 18.3 Å². The molecule has 0 radical (unpaired) electrons. The van der Waals surface area contributed by atoms with Crippen LogP contribution in [0.3, 0.4) is 0 Å². The Labute approximate surface area is 332 Å². The van der Waals surface area contributed by atoms with Crippen LogP contribution in [0.25, 0.3) is 17.2 Å². The van der Waals surface area contributed by atoms with Crippen LogP contribution in [0.15, 0.2) is 128 Å². The fraction of sp³-hybridized carbons (Fsp3) is 0.407. The molecule has 0 aromatic heterocycles. The lowest BCUT2D eigenvalue weighted by molar-refractivity contribution is -0.0281. The first-order chi connectivity index (χ1) is 27.0. The van der Waals surface area contributed by atoms with E-state index >= 15 is 0 Å². The molecule has 5 aromatic carbocycles. The molecule has 0 spiro atoms. The van der Waals surface area contributed by atoms with Gasteiger partial charge in [0.05, 0.1) is 0 Å². The molecule has 284 valence electrons. The Balaban J connectivity index is 1.06. The topological polar surface area (TPSA) is 3.24 Å². The van der Waals surface area contributed by atoms with Gasteiger partial charge in [0, 0.05) is 17.1 Å². The molecule has 2 unspecified atom stereocenters. The summed E-state index contributed by atoms with van der Waals surface area (Å²) in [5.41, 5.74) is 14.0. The summed E-state index contributed by atoms with van der Waals surface area (Å²) in [5.74, 6) is 1.66. The highest BCUT2D eigenvalue weighted by Gasteiger charge is 2.58. The number of anilines is 3. The molecule has 0 aliphatic heterocycles. The van der Waals surface area contributed by atoms with E-state index in [1.807, 2.05) is 6.08 Å². The van der Waals surface area contributed by atoms with Gasteiger partial charge < -0.3 is 4.90 Å². The van der Waals surface area contributed by atoms with Crippen LogP contribution < -0.4 is 4.90 Å². The van der Waals surface area contributed by atoms with Crippen LogP contribution in [0, 0.1) is 11.8 Å². The molecule has 0 saturated heterocycles. The number of aryl methyl sites for hydroxylation is 2. The van der Waals surface area contributed by atoms with Crippen molar-refractivity contribution in [1.82, 2.24) is 0 Å². The number of unbranched alkanes of at least 4 members (excludes halogenated alkanes) is 6. The lowest BCUT2D eigenvalue weighted by atomic mass is 9.42. The van der Waals surface area contributed by atoms with Gasteiger partial charge in [-0.2, -0.15) is 0 Å². The number of hydrogen-bond acceptors (Lipinski definition) is 1. The van der Waals surface area contributed by atoms with Crippen LogP contribution >= 0.6 is 0 Å². The van der Waals surface area contributed by atoms with Gasteiger partial charge in [-0.1, -0.05) is 150 Å². The predicted octanol–water partition coefficient (Wildman–Crippen LogP) is 15.5. The normalized spacial score (nSPS) is 22.5. The van der Waals surface area contributed by atoms with Crippen molar-refractivity contribution in [2.45, 2.75) is 127 Å². The van der Waals surface area contributed by atoms with E-state index in [1.54, 1.807) is 11.1 Å². The smallest absolute Gasteiger partial charge is 0.0462 e. The van der Waals surface area contributed by atoms with Crippen LogP contribution in [0.4, 0.5) is 17.1 Å².